The van der Waals surface area contributed by atoms with Gasteiger partial charge in [0.2, 0.25) is 0 Å². The molecule has 5 aromatic rings. The Morgan fingerprint density at radius 3 is 2.34 bits per heavy atom. The highest BCUT2D eigenvalue weighted by Crippen LogP contribution is 2.39. The van der Waals surface area contributed by atoms with Gasteiger partial charge in [-0.2, -0.15) is 15.3 Å². The van der Waals surface area contributed by atoms with Crippen molar-refractivity contribution >= 4 is 17.3 Å². The van der Waals surface area contributed by atoms with Crippen LogP contribution in [0.2, 0.25) is 0 Å². The van der Waals surface area contributed by atoms with Crippen LogP contribution < -0.4 is 4.74 Å². The minimum absolute atomic E-state index is 0.213. The second-order valence-electron chi connectivity index (χ2n) is 10.7. The topological polar surface area (TPSA) is 96.8 Å². The Labute approximate surface area is 254 Å². The number of aromatic nitrogens is 2. The Kier molecular flexibility index (Phi) is 7.11. The molecule has 0 saturated carbocycles. The van der Waals surface area contributed by atoms with E-state index in [0.717, 1.165) is 56.4 Å². The first-order valence-corrected chi connectivity index (χ1v) is 14.4. The number of hydrogen-bond donors (Lipinski definition) is 0. The summed E-state index contributed by atoms with van der Waals surface area (Å²) in [6, 6.07) is 33.1. The van der Waals surface area contributed by atoms with E-state index in [9.17, 15) is 4.79 Å². The van der Waals surface area contributed by atoms with Gasteiger partial charge in [-0.15, -0.1) is 5.10 Å². The molecule has 0 aliphatic carbocycles. The average Bonchev–Trinajstić information content (AvgIpc) is 3.86. The summed E-state index contributed by atoms with van der Waals surface area (Å²) in [4.78, 5) is 14.3. The number of carbonyl (C=O) groups is 1. The molecule has 1 atom stereocenters. The normalized spacial score (nSPS) is 15.8. The van der Waals surface area contributed by atoms with Crippen molar-refractivity contribution in [3.8, 4) is 22.7 Å². The first-order chi connectivity index (χ1) is 21.6. The summed E-state index contributed by atoms with van der Waals surface area (Å²) in [7, 11) is 1.64. The van der Waals surface area contributed by atoms with Crippen LogP contribution in [-0.4, -0.2) is 45.8 Å². The van der Waals surface area contributed by atoms with Crippen LogP contribution in [-0.2, 0) is 0 Å². The van der Waals surface area contributed by atoms with Gasteiger partial charge >= 0.3 is 0 Å². The summed E-state index contributed by atoms with van der Waals surface area (Å²) in [6.07, 6.45) is 2.54. The zero-order valence-electron chi connectivity index (χ0n) is 24.3. The van der Waals surface area contributed by atoms with Gasteiger partial charge < -0.3 is 4.74 Å². The Morgan fingerprint density at radius 1 is 0.841 bits per heavy atom. The van der Waals surface area contributed by atoms with Crippen LogP contribution in [0.3, 0.4) is 0 Å². The number of amides is 1. The predicted octanol–water partition coefficient (Wildman–Crippen LogP) is 7.02. The summed E-state index contributed by atoms with van der Waals surface area (Å²) in [6.45, 7) is 2.45. The van der Waals surface area contributed by atoms with Crippen molar-refractivity contribution < 1.29 is 9.53 Å². The number of hydrazone groups is 1. The van der Waals surface area contributed by atoms with E-state index >= 15 is 0 Å². The van der Waals surface area contributed by atoms with Crippen LogP contribution in [0.1, 0.15) is 45.1 Å². The summed E-state index contributed by atoms with van der Waals surface area (Å²) in [5.41, 5.74) is 8.56. The summed E-state index contributed by atoms with van der Waals surface area (Å²) >= 11 is 0. The van der Waals surface area contributed by atoms with Crippen LogP contribution in [0.5, 0.6) is 5.75 Å². The molecule has 9 heteroatoms. The molecule has 1 amide bonds. The van der Waals surface area contributed by atoms with E-state index < -0.39 is 6.04 Å². The second kappa shape index (κ2) is 11.5. The molecule has 3 heterocycles. The lowest BCUT2D eigenvalue weighted by Crippen LogP contribution is -2.27. The molecule has 0 fully saturated rings. The van der Waals surface area contributed by atoms with Crippen molar-refractivity contribution in [2.45, 2.75) is 19.4 Å². The monoisotopic (exact) mass is 579 g/mol. The van der Waals surface area contributed by atoms with Gasteiger partial charge in [0, 0.05) is 34.9 Å². The van der Waals surface area contributed by atoms with Gasteiger partial charge in [0.15, 0.2) is 0 Å². The molecular formula is C35H29N7O2. The Balaban J connectivity index is 1.34. The predicted molar refractivity (Wildman–Crippen MR) is 169 cm³/mol. The fourth-order valence-electron chi connectivity index (χ4n) is 5.51. The fraction of sp³-hybridized carbons (Fsp3) is 0.143. The quantitative estimate of drug-likeness (QED) is 0.207. The zero-order valence-corrected chi connectivity index (χ0v) is 24.3. The number of rotatable bonds is 7. The third-order valence-corrected chi connectivity index (χ3v) is 7.88. The lowest BCUT2D eigenvalue weighted by molar-refractivity contribution is 0.0711. The van der Waals surface area contributed by atoms with Gasteiger partial charge in [-0.25, -0.2) is 9.69 Å². The van der Waals surface area contributed by atoms with Crippen molar-refractivity contribution in [1.82, 2.24) is 14.8 Å². The highest BCUT2D eigenvalue weighted by molar-refractivity contribution is 6.07. The lowest BCUT2D eigenvalue weighted by Gasteiger charge is -2.22. The lowest BCUT2D eigenvalue weighted by atomic mass is 9.95. The van der Waals surface area contributed by atoms with Crippen molar-refractivity contribution in [2.24, 2.45) is 20.5 Å². The molecule has 1 aromatic heterocycles. The van der Waals surface area contributed by atoms with Crippen molar-refractivity contribution in [2.75, 3.05) is 13.7 Å². The number of benzene rings is 4. The molecule has 0 spiro atoms. The average molecular weight is 580 g/mol. The number of aryl methyl sites for hydroxylation is 1. The number of nitrogens with zero attached hydrogens (tertiary/aromatic N) is 7. The van der Waals surface area contributed by atoms with Gasteiger partial charge in [-0.1, -0.05) is 60.2 Å². The molecule has 0 N–H and O–H groups in total. The highest BCUT2D eigenvalue weighted by Gasteiger charge is 2.37. The fourth-order valence-corrected chi connectivity index (χ4v) is 5.51. The molecule has 1 unspecified atom stereocenters. The number of methoxy groups -OCH3 is 1. The summed E-state index contributed by atoms with van der Waals surface area (Å²) < 4.78 is 7.25. The van der Waals surface area contributed by atoms with E-state index in [0.29, 0.717) is 18.5 Å². The number of ether oxygens (including phenoxy) is 1. The molecule has 7 rings (SSSR count). The van der Waals surface area contributed by atoms with Crippen LogP contribution in [0.15, 0.2) is 130 Å². The SMILES string of the molecule is COc1ccc(C2=NN(C(=O)c3cccc(C4=NN=NC4)c3)C(c3cn(-c4ccccc4)nc3-c3ccc(C)cc3)C2)cc1. The number of para-hydroxylation sites is 1. The van der Waals surface area contributed by atoms with Crippen molar-refractivity contribution in [1.29, 1.82) is 0 Å². The van der Waals surface area contributed by atoms with Crippen LogP contribution in [0.25, 0.3) is 16.9 Å². The van der Waals surface area contributed by atoms with E-state index in [2.05, 4.69) is 46.6 Å². The van der Waals surface area contributed by atoms with Crippen molar-refractivity contribution in [3.63, 3.8) is 0 Å². The Bertz CT molecular complexity index is 1920. The van der Waals surface area contributed by atoms with E-state index in [1.807, 2.05) is 89.7 Å². The maximum Gasteiger partial charge on any atom is 0.274 e. The third-order valence-electron chi connectivity index (χ3n) is 7.88. The maximum atomic E-state index is 14.3. The number of carbonyl (C=O) groups excluding carboxylic acids is 1. The standard InChI is InChI=1S/C35H29N7O2/c1-23-11-13-25(14-12-23)34-30(22-41(39-34)28-9-4-3-5-10-28)33-20-31(24-15-17-29(44-2)18-16-24)38-42(33)35(43)27-8-6-7-26(19-27)32-21-36-40-37-32/h3-19,22,33H,20-21H2,1-2H3. The van der Waals surface area contributed by atoms with Gasteiger partial charge in [-0.05, 0) is 66.2 Å². The van der Waals surface area contributed by atoms with Gasteiger partial charge in [0.1, 0.15) is 12.3 Å². The van der Waals surface area contributed by atoms with Gasteiger partial charge in [0.05, 0.1) is 36.0 Å². The van der Waals surface area contributed by atoms with E-state index in [1.54, 1.807) is 12.1 Å². The molecule has 2 aliphatic rings. The molecule has 4 aromatic carbocycles. The van der Waals surface area contributed by atoms with Gasteiger partial charge in [0.25, 0.3) is 5.91 Å². The van der Waals surface area contributed by atoms with Crippen LogP contribution >= 0.6 is 0 Å². The van der Waals surface area contributed by atoms with Crippen LogP contribution in [0.4, 0.5) is 0 Å². The Morgan fingerprint density at radius 2 is 1.61 bits per heavy atom. The molecule has 0 bridgehead atoms. The zero-order chi connectivity index (χ0) is 30.0. The highest BCUT2D eigenvalue weighted by atomic mass is 16.5. The van der Waals surface area contributed by atoms with E-state index in [-0.39, 0.29) is 5.91 Å². The largest absolute Gasteiger partial charge is 0.497 e. The van der Waals surface area contributed by atoms with Crippen molar-refractivity contribution in [3.05, 3.63) is 137 Å². The molecule has 216 valence electrons. The first kappa shape index (κ1) is 27.2. The molecule has 0 saturated heterocycles. The molecule has 44 heavy (non-hydrogen) atoms. The minimum Gasteiger partial charge on any atom is -0.497 e. The molecule has 0 radical (unpaired) electrons. The smallest absolute Gasteiger partial charge is 0.274 e. The summed E-state index contributed by atoms with van der Waals surface area (Å²) in [5, 5.41) is 23.4. The van der Waals surface area contributed by atoms with E-state index in [4.69, 9.17) is 14.9 Å². The second-order valence-corrected chi connectivity index (χ2v) is 10.7. The first-order valence-electron chi connectivity index (χ1n) is 14.4. The molecule has 2 aliphatic heterocycles. The minimum atomic E-state index is -0.397. The molecule has 9 nitrogen and oxygen atoms in total. The molecular weight excluding hydrogens is 550 g/mol. The number of hydrogen-bond acceptors (Lipinski definition) is 7. The van der Waals surface area contributed by atoms with E-state index in [1.165, 1.54) is 0 Å². The summed E-state index contributed by atoms with van der Waals surface area (Å²) in [5.74, 6) is 0.544. The Hall–Kier alpha value is -5.70. The van der Waals surface area contributed by atoms with Crippen LogP contribution in [0, 0.1) is 6.92 Å². The van der Waals surface area contributed by atoms with Gasteiger partial charge in [-0.3, -0.25) is 4.79 Å². The third kappa shape index (κ3) is 5.20. The maximum absolute atomic E-state index is 14.3.